The van der Waals surface area contributed by atoms with E-state index in [9.17, 15) is 9.59 Å². The summed E-state index contributed by atoms with van der Waals surface area (Å²) in [4.78, 5) is 28.5. The third-order valence-electron chi connectivity index (χ3n) is 6.90. The number of carbonyl (C=O) groups excluding carboxylic acids is 1. The van der Waals surface area contributed by atoms with Crippen LogP contribution in [0.4, 0.5) is 0 Å². The van der Waals surface area contributed by atoms with Gasteiger partial charge in [-0.3, -0.25) is 13.9 Å². The van der Waals surface area contributed by atoms with Crippen molar-refractivity contribution in [2.45, 2.75) is 38.9 Å². The van der Waals surface area contributed by atoms with E-state index in [1.54, 1.807) is 4.57 Å². The molecule has 4 aromatic rings. The largest absolute Gasteiger partial charge is 0.336 e. The van der Waals surface area contributed by atoms with E-state index in [2.05, 4.69) is 36.4 Å². The Morgan fingerprint density at radius 1 is 0.812 bits per heavy atom. The third kappa shape index (κ3) is 3.08. The molecule has 0 unspecified atom stereocenters. The molecule has 1 aromatic heterocycles. The molecule has 0 saturated heterocycles. The van der Waals surface area contributed by atoms with Gasteiger partial charge in [0.15, 0.2) is 0 Å². The summed E-state index contributed by atoms with van der Waals surface area (Å²) >= 11 is 0. The molecule has 3 aromatic carbocycles. The molecule has 5 heteroatoms. The Morgan fingerprint density at radius 2 is 1.59 bits per heavy atom. The molecule has 160 valence electrons. The highest BCUT2D eigenvalue weighted by Crippen LogP contribution is 2.31. The van der Waals surface area contributed by atoms with Crippen molar-refractivity contribution in [2.24, 2.45) is 0 Å². The maximum atomic E-state index is 13.3. The Hall–Kier alpha value is -3.60. The van der Waals surface area contributed by atoms with Crippen molar-refractivity contribution in [3.05, 3.63) is 93.9 Å². The van der Waals surface area contributed by atoms with E-state index >= 15 is 0 Å². The molecule has 0 spiro atoms. The van der Waals surface area contributed by atoms with Gasteiger partial charge >= 0.3 is 5.69 Å². The molecule has 0 N–H and O–H groups in total. The average Bonchev–Trinajstić information content (AvgIpc) is 3.11. The average molecular weight is 424 g/mol. The second-order valence-electron chi connectivity index (χ2n) is 8.83. The smallest absolute Gasteiger partial charge is 0.329 e. The van der Waals surface area contributed by atoms with Gasteiger partial charge in [0, 0.05) is 19.6 Å². The van der Waals surface area contributed by atoms with Crippen molar-refractivity contribution in [3.8, 4) is 11.1 Å². The first-order valence-corrected chi connectivity index (χ1v) is 11.3. The fourth-order valence-corrected chi connectivity index (χ4v) is 5.26. The van der Waals surface area contributed by atoms with Crippen molar-refractivity contribution in [3.63, 3.8) is 0 Å². The van der Waals surface area contributed by atoms with Crippen LogP contribution in [-0.2, 0) is 37.3 Å². The highest BCUT2D eigenvalue weighted by molar-refractivity contribution is 5.88. The zero-order valence-corrected chi connectivity index (χ0v) is 18.0. The zero-order valence-electron chi connectivity index (χ0n) is 18.0. The number of benzene rings is 3. The molecular formula is C27H25N3O2. The van der Waals surface area contributed by atoms with E-state index in [4.69, 9.17) is 0 Å². The van der Waals surface area contributed by atoms with Crippen LogP contribution >= 0.6 is 0 Å². The number of hydrogen-bond donors (Lipinski definition) is 0. The number of aryl methyl sites for hydroxylation is 2. The number of hydrogen-bond acceptors (Lipinski definition) is 2. The molecule has 0 saturated carbocycles. The van der Waals surface area contributed by atoms with Crippen LogP contribution in [0.15, 0.2) is 71.5 Å². The van der Waals surface area contributed by atoms with Crippen molar-refractivity contribution in [1.29, 1.82) is 0 Å². The maximum absolute atomic E-state index is 13.3. The van der Waals surface area contributed by atoms with Gasteiger partial charge in [0.25, 0.3) is 0 Å². The molecule has 2 aliphatic rings. The third-order valence-corrected chi connectivity index (χ3v) is 6.90. The summed E-state index contributed by atoms with van der Waals surface area (Å²) in [6.45, 7) is 2.11. The topological polar surface area (TPSA) is 47.2 Å². The summed E-state index contributed by atoms with van der Waals surface area (Å²) < 4.78 is 3.56. The molecule has 0 aliphatic carbocycles. The number of nitrogens with zero attached hydrogens (tertiary/aromatic N) is 3. The molecule has 0 fully saturated rings. The number of carbonyl (C=O) groups is 1. The first-order chi connectivity index (χ1) is 15.7. The molecule has 1 amide bonds. The van der Waals surface area contributed by atoms with Gasteiger partial charge < -0.3 is 4.90 Å². The Morgan fingerprint density at radius 3 is 2.44 bits per heavy atom. The number of fused-ring (bicyclic) bond motifs is 1. The number of imidazole rings is 1. The van der Waals surface area contributed by atoms with E-state index in [0.29, 0.717) is 19.6 Å². The molecule has 0 bridgehead atoms. The standard InChI is InChI=1S/C27H25N3O2/c31-25(28-14-12-20-9-4-5-10-22(20)17-28)18-30-24-16-23(19-7-2-1-3-8-19)15-21-11-6-13-29(26(21)24)27(30)32/h1-5,7-10,15-16H,6,11-14,17-18H2. The summed E-state index contributed by atoms with van der Waals surface area (Å²) in [6.07, 6.45) is 2.76. The Labute approximate surface area is 186 Å². The van der Waals surface area contributed by atoms with E-state index in [1.807, 2.05) is 39.8 Å². The van der Waals surface area contributed by atoms with E-state index in [0.717, 1.165) is 41.4 Å². The van der Waals surface area contributed by atoms with Crippen molar-refractivity contribution in [1.82, 2.24) is 14.0 Å². The lowest BCUT2D eigenvalue weighted by Crippen LogP contribution is -2.39. The van der Waals surface area contributed by atoms with Crippen LogP contribution in [0.1, 0.15) is 23.1 Å². The molecular weight excluding hydrogens is 398 g/mol. The van der Waals surface area contributed by atoms with Crippen LogP contribution in [-0.4, -0.2) is 26.5 Å². The first kappa shape index (κ1) is 19.1. The second-order valence-corrected chi connectivity index (χ2v) is 8.83. The molecule has 2 aliphatic heterocycles. The van der Waals surface area contributed by atoms with Gasteiger partial charge in [-0.2, -0.15) is 0 Å². The minimum Gasteiger partial charge on any atom is -0.336 e. The van der Waals surface area contributed by atoms with Gasteiger partial charge in [0.05, 0.1) is 11.0 Å². The zero-order chi connectivity index (χ0) is 21.7. The van der Waals surface area contributed by atoms with E-state index in [1.165, 1.54) is 16.7 Å². The molecule has 5 nitrogen and oxygen atoms in total. The number of rotatable bonds is 3. The number of amides is 1. The van der Waals surface area contributed by atoms with Crippen molar-refractivity contribution in [2.75, 3.05) is 6.54 Å². The lowest BCUT2D eigenvalue weighted by molar-refractivity contribution is -0.132. The van der Waals surface area contributed by atoms with E-state index in [-0.39, 0.29) is 18.1 Å². The minimum absolute atomic E-state index is 0.00608. The Balaban J connectivity index is 1.40. The Bertz CT molecular complexity index is 1400. The molecule has 0 radical (unpaired) electrons. The normalized spacial score (nSPS) is 15.1. The lowest BCUT2D eigenvalue weighted by Gasteiger charge is -2.29. The summed E-state index contributed by atoms with van der Waals surface area (Å²) in [7, 11) is 0. The second kappa shape index (κ2) is 7.52. The van der Waals surface area contributed by atoms with Gasteiger partial charge in [0.2, 0.25) is 5.91 Å². The monoisotopic (exact) mass is 423 g/mol. The summed E-state index contributed by atoms with van der Waals surface area (Å²) in [5.74, 6) is 0.00608. The van der Waals surface area contributed by atoms with Crippen LogP contribution < -0.4 is 5.69 Å². The highest BCUT2D eigenvalue weighted by atomic mass is 16.2. The fourth-order valence-electron chi connectivity index (χ4n) is 5.26. The van der Waals surface area contributed by atoms with Crippen LogP contribution in [0.25, 0.3) is 22.2 Å². The Kier molecular flexibility index (Phi) is 4.49. The van der Waals surface area contributed by atoms with Gasteiger partial charge in [-0.05, 0) is 59.2 Å². The maximum Gasteiger partial charge on any atom is 0.329 e. The summed E-state index contributed by atoms with van der Waals surface area (Å²) in [5.41, 5.74) is 7.73. The van der Waals surface area contributed by atoms with Gasteiger partial charge in [0.1, 0.15) is 6.54 Å². The van der Waals surface area contributed by atoms with Crippen LogP contribution in [0, 0.1) is 0 Å². The predicted molar refractivity (Wildman–Crippen MR) is 126 cm³/mol. The van der Waals surface area contributed by atoms with Gasteiger partial charge in [-0.1, -0.05) is 54.6 Å². The van der Waals surface area contributed by atoms with Gasteiger partial charge in [-0.15, -0.1) is 0 Å². The quantitative estimate of drug-likeness (QED) is 0.500. The van der Waals surface area contributed by atoms with Crippen molar-refractivity contribution >= 4 is 16.9 Å². The van der Waals surface area contributed by atoms with Crippen LogP contribution in [0.2, 0.25) is 0 Å². The highest BCUT2D eigenvalue weighted by Gasteiger charge is 2.25. The molecule has 32 heavy (non-hydrogen) atoms. The van der Waals surface area contributed by atoms with Gasteiger partial charge in [-0.25, -0.2) is 4.79 Å². The first-order valence-electron chi connectivity index (χ1n) is 11.3. The SMILES string of the molecule is O=C(Cn1c(=O)n2c3c(cc(-c4ccccc4)cc31)CCC2)N1CCc2ccccc2C1. The predicted octanol–water partition coefficient (Wildman–Crippen LogP) is 4.00. The van der Waals surface area contributed by atoms with E-state index < -0.39 is 0 Å². The van der Waals surface area contributed by atoms with Crippen LogP contribution in [0.5, 0.6) is 0 Å². The minimum atomic E-state index is -0.0723. The lowest BCUT2D eigenvalue weighted by atomic mass is 9.97. The van der Waals surface area contributed by atoms with Crippen molar-refractivity contribution < 1.29 is 4.79 Å². The molecule has 6 rings (SSSR count). The summed E-state index contributed by atoms with van der Waals surface area (Å²) in [6, 6.07) is 22.8. The number of aromatic nitrogens is 2. The fraction of sp³-hybridized carbons (Fsp3) is 0.259. The molecule has 0 atom stereocenters. The molecule has 3 heterocycles. The van der Waals surface area contributed by atoms with Crippen LogP contribution in [0.3, 0.4) is 0 Å². The summed E-state index contributed by atoms with van der Waals surface area (Å²) in [5, 5.41) is 0.